The highest BCUT2D eigenvalue weighted by Crippen LogP contribution is 2.25. The molecule has 0 bridgehead atoms. The standard InChI is InChI=1S/C21H22N2O2/c1-15(21(24)23-12-10-19-5-3-4-11-22-19)16-6-7-18-14-20(25-2)9-8-17(18)13-16/h3-9,11,13-15H,10,12H2,1-2H3,(H,23,24)/t15-/m0/s1. The Labute approximate surface area is 147 Å². The molecule has 1 heterocycles. The van der Waals surface area contributed by atoms with Crippen LogP contribution in [0.1, 0.15) is 24.1 Å². The van der Waals surface area contributed by atoms with Gasteiger partial charge in [0.15, 0.2) is 0 Å². The first-order valence-corrected chi connectivity index (χ1v) is 8.42. The fraction of sp³-hybridized carbons (Fsp3) is 0.238. The summed E-state index contributed by atoms with van der Waals surface area (Å²) in [6.07, 6.45) is 2.50. The number of fused-ring (bicyclic) bond motifs is 1. The van der Waals surface area contributed by atoms with Crippen LogP contribution in [-0.2, 0) is 11.2 Å². The van der Waals surface area contributed by atoms with E-state index >= 15 is 0 Å². The molecule has 128 valence electrons. The van der Waals surface area contributed by atoms with E-state index in [4.69, 9.17) is 4.74 Å². The van der Waals surface area contributed by atoms with Gasteiger partial charge in [0.25, 0.3) is 0 Å². The van der Waals surface area contributed by atoms with Crippen molar-refractivity contribution in [2.45, 2.75) is 19.3 Å². The summed E-state index contributed by atoms with van der Waals surface area (Å²) in [7, 11) is 1.66. The highest BCUT2D eigenvalue weighted by atomic mass is 16.5. The molecule has 4 heteroatoms. The number of rotatable bonds is 6. The Morgan fingerprint density at radius 1 is 1.12 bits per heavy atom. The molecule has 0 radical (unpaired) electrons. The molecule has 0 aliphatic carbocycles. The molecule has 4 nitrogen and oxygen atoms in total. The Balaban J connectivity index is 1.64. The van der Waals surface area contributed by atoms with E-state index in [2.05, 4.69) is 16.4 Å². The van der Waals surface area contributed by atoms with Gasteiger partial charge in [-0.1, -0.05) is 30.3 Å². The SMILES string of the molecule is COc1ccc2cc([C@H](C)C(=O)NCCc3ccccn3)ccc2c1. The van der Waals surface area contributed by atoms with Crippen molar-refractivity contribution in [2.75, 3.05) is 13.7 Å². The third kappa shape index (κ3) is 4.15. The van der Waals surface area contributed by atoms with Crippen LogP contribution in [0.4, 0.5) is 0 Å². The van der Waals surface area contributed by atoms with E-state index in [0.29, 0.717) is 6.54 Å². The lowest BCUT2D eigenvalue weighted by Gasteiger charge is -2.13. The molecule has 3 rings (SSSR count). The zero-order chi connectivity index (χ0) is 17.6. The largest absolute Gasteiger partial charge is 0.497 e. The van der Waals surface area contributed by atoms with E-state index in [0.717, 1.165) is 34.2 Å². The number of benzene rings is 2. The quantitative estimate of drug-likeness (QED) is 0.748. The van der Waals surface area contributed by atoms with Crippen molar-refractivity contribution in [3.8, 4) is 5.75 Å². The number of hydrogen-bond acceptors (Lipinski definition) is 3. The number of ether oxygens (including phenoxy) is 1. The number of hydrogen-bond donors (Lipinski definition) is 1. The van der Waals surface area contributed by atoms with E-state index in [-0.39, 0.29) is 11.8 Å². The van der Waals surface area contributed by atoms with E-state index in [1.165, 1.54) is 0 Å². The number of amides is 1. The van der Waals surface area contributed by atoms with Gasteiger partial charge in [0.05, 0.1) is 13.0 Å². The maximum absolute atomic E-state index is 12.4. The summed E-state index contributed by atoms with van der Waals surface area (Å²) >= 11 is 0. The smallest absolute Gasteiger partial charge is 0.227 e. The summed E-state index contributed by atoms with van der Waals surface area (Å²) in [5.74, 6) is 0.666. The first-order chi connectivity index (χ1) is 12.2. The van der Waals surface area contributed by atoms with Gasteiger partial charge in [-0.2, -0.15) is 0 Å². The van der Waals surface area contributed by atoms with E-state index in [1.807, 2.05) is 55.5 Å². The first kappa shape index (κ1) is 17.0. The minimum absolute atomic E-state index is 0.0313. The number of carbonyl (C=O) groups excluding carboxylic acids is 1. The zero-order valence-electron chi connectivity index (χ0n) is 14.5. The van der Waals surface area contributed by atoms with Crippen LogP contribution in [-0.4, -0.2) is 24.5 Å². The molecule has 1 amide bonds. The second kappa shape index (κ2) is 7.79. The van der Waals surface area contributed by atoms with Crippen LogP contribution in [0.2, 0.25) is 0 Å². The molecule has 1 N–H and O–H groups in total. The van der Waals surface area contributed by atoms with Gasteiger partial charge in [0.2, 0.25) is 5.91 Å². The maximum Gasteiger partial charge on any atom is 0.227 e. The van der Waals surface area contributed by atoms with Crippen LogP contribution >= 0.6 is 0 Å². The molecule has 0 fully saturated rings. The van der Waals surface area contributed by atoms with Gasteiger partial charge in [-0.05, 0) is 47.5 Å². The van der Waals surface area contributed by atoms with Gasteiger partial charge in [-0.15, -0.1) is 0 Å². The maximum atomic E-state index is 12.4. The monoisotopic (exact) mass is 334 g/mol. The molecule has 0 aliphatic rings. The van der Waals surface area contributed by atoms with Crippen molar-refractivity contribution < 1.29 is 9.53 Å². The Morgan fingerprint density at radius 2 is 1.92 bits per heavy atom. The van der Waals surface area contributed by atoms with Crippen molar-refractivity contribution >= 4 is 16.7 Å². The molecule has 1 atom stereocenters. The number of aromatic nitrogens is 1. The van der Waals surface area contributed by atoms with Crippen LogP contribution in [0.3, 0.4) is 0 Å². The Kier molecular flexibility index (Phi) is 5.29. The second-order valence-corrected chi connectivity index (χ2v) is 6.06. The predicted octanol–water partition coefficient (Wildman–Crippen LogP) is 3.71. The molecule has 3 aromatic rings. The highest BCUT2D eigenvalue weighted by Gasteiger charge is 2.15. The summed E-state index contributed by atoms with van der Waals surface area (Å²) in [5, 5.41) is 5.20. The fourth-order valence-corrected chi connectivity index (χ4v) is 2.80. The third-order valence-corrected chi connectivity index (χ3v) is 4.37. The lowest BCUT2D eigenvalue weighted by atomic mass is 9.97. The van der Waals surface area contributed by atoms with Crippen LogP contribution < -0.4 is 10.1 Å². The predicted molar refractivity (Wildman–Crippen MR) is 99.9 cm³/mol. The molecular formula is C21H22N2O2. The molecular weight excluding hydrogens is 312 g/mol. The summed E-state index contributed by atoms with van der Waals surface area (Å²) < 4.78 is 5.25. The zero-order valence-corrected chi connectivity index (χ0v) is 14.5. The molecule has 1 aromatic heterocycles. The van der Waals surface area contributed by atoms with Gasteiger partial charge < -0.3 is 10.1 Å². The van der Waals surface area contributed by atoms with Crippen molar-refractivity contribution in [3.05, 3.63) is 72.1 Å². The van der Waals surface area contributed by atoms with Gasteiger partial charge >= 0.3 is 0 Å². The minimum atomic E-state index is -0.199. The second-order valence-electron chi connectivity index (χ2n) is 6.06. The number of methoxy groups -OCH3 is 1. The van der Waals surface area contributed by atoms with Crippen molar-refractivity contribution in [1.29, 1.82) is 0 Å². The number of nitrogens with one attached hydrogen (secondary N) is 1. The van der Waals surface area contributed by atoms with Crippen LogP contribution in [0.5, 0.6) is 5.75 Å². The van der Waals surface area contributed by atoms with Crippen LogP contribution in [0.25, 0.3) is 10.8 Å². The third-order valence-electron chi connectivity index (χ3n) is 4.37. The normalized spacial score (nSPS) is 11.9. The molecule has 0 saturated carbocycles. The topological polar surface area (TPSA) is 51.2 Å². The van der Waals surface area contributed by atoms with Gasteiger partial charge in [0, 0.05) is 24.9 Å². The number of pyridine rings is 1. The molecule has 25 heavy (non-hydrogen) atoms. The van der Waals surface area contributed by atoms with E-state index in [9.17, 15) is 4.79 Å². The molecule has 0 unspecified atom stereocenters. The van der Waals surface area contributed by atoms with Crippen molar-refractivity contribution in [2.24, 2.45) is 0 Å². The molecule has 0 saturated heterocycles. The lowest BCUT2D eigenvalue weighted by Crippen LogP contribution is -2.29. The number of nitrogens with zero attached hydrogens (tertiary/aromatic N) is 1. The van der Waals surface area contributed by atoms with Crippen LogP contribution in [0.15, 0.2) is 60.8 Å². The van der Waals surface area contributed by atoms with Gasteiger partial charge in [-0.25, -0.2) is 0 Å². The van der Waals surface area contributed by atoms with Gasteiger partial charge in [0.1, 0.15) is 5.75 Å². The van der Waals surface area contributed by atoms with Gasteiger partial charge in [-0.3, -0.25) is 9.78 Å². The van der Waals surface area contributed by atoms with Crippen molar-refractivity contribution in [1.82, 2.24) is 10.3 Å². The lowest BCUT2D eigenvalue weighted by molar-refractivity contribution is -0.122. The highest BCUT2D eigenvalue weighted by molar-refractivity contribution is 5.88. The molecule has 2 aromatic carbocycles. The Hall–Kier alpha value is -2.88. The average molecular weight is 334 g/mol. The summed E-state index contributed by atoms with van der Waals surface area (Å²) in [4.78, 5) is 16.7. The Bertz CT molecular complexity index is 862. The molecule has 0 aliphatic heterocycles. The minimum Gasteiger partial charge on any atom is -0.497 e. The van der Waals surface area contributed by atoms with Crippen LogP contribution in [0, 0.1) is 0 Å². The molecule has 0 spiro atoms. The average Bonchev–Trinajstić information content (AvgIpc) is 2.67. The Morgan fingerprint density at radius 3 is 2.68 bits per heavy atom. The van der Waals surface area contributed by atoms with E-state index in [1.54, 1.807) is 13.3 Å². The summed E-state index contributed by atoms with van der Waals surface area (Å²) in [6, 6.07) is 17.9. The first-order valence-electron chi connectivity index (χ1n) is 8.42. The van der Waals surface area contributed by atoms with Crippen molar-refractivity contribution in [3.63, 3.8) is 0 Å². The summed E-state index contributed by atoms with van der Waals surface area (Å²) in [5.41, 5.74) is 1.99. The number of carbonyl (C=O) groups is 1. The fourth-order valence-electron chi connectivity index (χ4n) is 2.80. The van der Waals surface area contributed by atoms with E-state index < -0.39 is 0 Å². The summed E-state index contributed by atoms with van der Waals surface area (Å²) in [6.45, 7) is 2.52.